The molecule has 1 unspecified atom stereocenters. The van der Waals surface area contributed by atoms with Gasteiger partial charge in [0.15, 0.2) is 0 Å². The van der Waals surface area contributed by atoms with Crippen molar-refractivity contribution in [3.8, 4) is 0 Å². The lowest BCUT2D eigenvalue weighted by molar-refractivity contribution is 0.0895. The molecule has 0 aliphatic carbocycles. The van der Waals surface area contributed by atoms with Gasteiger partial charge in [-0.3, -0.25) is 4.90 Å². The second kappa shape index (κ2) is 7.53. The van der Waals surface area contributed by atoms with Crippen LogP contribution in [0.5, 0.6) is 0 Å². The zero-order valence-corrected chi connectivity index (χ0v) is 12.7. The molecule has 2 rings (SSSR count). The Kier molecular flexibility index (Phi) is 5.71. The molecule has 20 heavy (non-hydrogen) atoms. The van der Waals surface area contributed by atoms with Crippen molar-refractivity contribution in [2.45, 2.75) is 26.1 Å². The van der Waals surface area contributed by atoms with E-state index in [1.165, 1.54) is 11.6 Å². The molecule has 0 aliphatic rings. The van der Waals surface area contributed by atoms with Crippen molar-refractivity contribution in [1.29, 1.82) is 0 Å². The van der Waals surface area contributed by atoms with E-state index in [1.54, 1.807) is 30.6 Å². The van der Waals surface area contributed by atoms with Crippen LogP contribution in [0, 0.1) is 5.82 Å². The van der Waals surface area contributed by atoms with Gasteiger partial charge in [-0.25, -0.2) is 4.39 Å². The first-order valence-corrected chi connectivity index (χ1v) is 7.62. The van der Waals surface area contributed by atoms with E-state index in [9.17, 15) is 4.39 Å². The van der Waals surface area contributed by atoms with Crippen molar-refractivity contribution in [2.24, 2.45) is 0 Å². The molecule has 0 aliphatic heterocycles. The van der Waals surface area contributed by atoms with Crippen LogP contribution in [0.4, 0.5) is 4.39 Å². The lowest BCUT2D eigenvalue weighted by Crippen LogP contribution is -2.35. The van der Waals surface area contributed by atoms with Crippen molar-refractivity contribution < 1.29 is 9.13 Å². The summed E-state index contributed by atoms with van der Waals surface area (Å²) in [6, 6.07) is 9.20. The smallest absolute Gasteiger partial charge is 0.123 e. The van der Waals surface area contributed by atoms with Crippen LogP contribution in [-0.2, 0) is 17.8 Å². The molecule has 0 radical (unpaired) electrons. The van der Waals surface area contributed by atoms with E-state index >= 15 is 0 Å². The second-order valence-electron chi connectivity index (χ2n) is 4.97. The minimum atomic E-state index is -0.183. The lowest BCUT2D eigenvalue weighted by atomic mass is 10.1. The van der Waals surface area contributed by atoms with Gasteiger partial charge in [-0.15, -0.1) is 0 Å². The summed E-state index contributed by atoms with van der Waals surface area (Å²) >= 11 is 1.70. The first-order valence-electron chi connectivity index (χ1n) is 6.67. The predicted octanol–water partition coefficient (Wildman–Crippen LogP) is 3.92. The van der Waals surface area contributed by atoms with E-state index in [1.807, 2.05) is 6.07 Å². The fourth-order valence-corrected chi connectivity index (χ4v) is 2.86. The Bertz CT molecular complexity index is 515. The normalized spacial score (nSPS) is 12.8. The van der Waals surface area contributed by atoms with Crippen LogP contribution >= 0.6 is 11.3 Å². The highest BCUT2D eigenvalue weighted by molar-refractivity contribution is 7.07. The van der Waals surface area contributed by atoms with Crippen LogP contribution in [-0.4, -0.2) is 24.7 Å². The molecule has 0 N–H and O–H groups in total. The van der Waals surface area contributed by atoms with Gasteiger partial charge < -0.3 is 4.74 Å². The molecular formula is C16H20FNOS. The number of halogens is 1. The Hall–Kier alpha value is -1.23. The topological polar surface area (TPSA) is 12.5 Å². The van der Waals surface area contributed by atoms with Crippen LogP contribution in [0.2, 0.25) is 0 Å². The van der Waals surface area contributed by atoms with E-state index in [2.05, 4.69) is 28.7 Å². The molecule has 1 atom stereocenters. The zero-order chi connectivity index (χ0) is 14.4. The molecule has 0 fully saturated rings. The number of nitrogens with zero attached hydrogens (tertiary/aromatic N) is 1. The Morgan fingerprint density at radius 2 is 2.05 bits per heavy atom. The number of benzene rings is 1. The Morgan fingerprint density at radius 3 is 2.70 bits per heavy atom. The van der Waals surface area contributed by atoms with Gasteiger partial charge in [-0.05, 0) is 47.0 Å². The molecule has 0 bridgehead atoms. The van der Waals surface area contributed by atoms with Gasteiger partial charge >= 0.3 is 0 Å². The largest absolute Gasteiger partial charge is 0.383 e. The molecule has 0 amide bonds. The van der Waals surface area contributed by atoms with Crippen LogP contribution in [0.1, 0.15) is 18.1 Å². The van der Waals surface area contributed by atoms with Gasteiger partial charge in [-0.2, -0.15) is 11.3 Å². The number of hydrogen-bond acceptors (Lipinski definition) is 3. The molecule has 1 heterocycles. The molecule has 4 heteroatoms. The molecule has 2 nitrogen and oxygen atoms in total. The van der Waals surface area contributed by atoms with E-state index in [4.69, 9.17) is 4.74 Å². The van der Waals surface area contributed by atoms with Crippen molar-refractivity contribution in [1.82, 2.24) is 4.90 Å². The minimum absolute atomic E-state index is 0.183. The van der Waals surface area contributed by atoms with Crippen molar-refractivity contribution in [2.75, 3.05) is 13.7 Å². The van der Waals surface area contributed by atoms with Crippen molar-refractivity contribution >= 4 is 11.3 Å². The second-order valence-corrected chi connectivity index (χ2v) is 5.75. The Balaban J connectivity index is 2.09. The highest BCUT2D eigenvalue weighted by atomic mass is 32.1. The fourth-order valence-electron chi connectivity index (χ4n) is 2.20. The van der Waals surface area contributed by atoms with Gasteiger partial charge in [-0.1, -0.05) is 12.1 Å². The van der Waals surface area contributed by atoms with Crippen molar-refractivity contribution in [3.05, 3.63) is 58.0 Å². The first kappa shape index (κ1) is 15.2. The van der Waals surface area contributed by atoms with E-state index in [-0.39, 0.29) is 11.9 Å². The van der Waals surface area contributed by atoms with Crippen LogP contribution in [0.3, 0.4) is 0 Å². The van der Waals surface area contributed by atoms with Gasteiger partial charge in [0.1, 0.15) is 5.82 Å². The van der Waals surface area contributed by atoms with Gasteiger partial charge in [0, 0.05) is 26.2 Å². The van der Waals surface area contributed by atoms with E-state index in [0.717, 1.165) is 18.7 Å². The zero-order valence-electron chi connectivity index (χ0n) is 11.9. The fraction of sp³-hybridized carbons (Fsp3) is 0.375. The first-order chi connectivity index (χ1) is 9.69. The molecular weight excluding hydrogens is 273 g/mol. The minimum Gasteiger partial charge on any atom is -0.383 e. The van der Waals surface area contributed by atoms with Gasteiger partial charge in [0.05, 0.1) is 6.61 Å². The summed E-state index contributed by atoms with van der Waals surface area (Å²) in [5.41, 5.74) is 2.28. The third-order valence-electron chi connectivity index (χ3n) is 3.27. The van der Waals surface area contributed by atoms with Crippen LogP contribution in [0.15, 0.2) is 41.1 Å². The van der Waals surface area contributed by atoms with Crippen molar-refractivity contribution in [3.63, 3.8) is 0 Å². The molecule has 0 spiro atoms. The summed E-state index contributed by atoms with van der Waals surface area (Å²) in [6.45, 7) is 4.37. The molecule has 108 valence electrons. The third kappa shape index (κ3) is 4.40. The average molecular weight is 293 g/mol. The number of ether oxygens (including phenoxy) is 1. The maximum absolute atomic E-state index is 13.3. The summed E-state index contributed by atoms with van der Waals surface area (Å²) in [7, 11) is 1.71. The van der Waals surface area contributed by atoms with Crippen LogP contribution in [0.25, 0.3) is 0 Å². The monoisotopic (exact) mass is 293 g/mol. The summed E-state index contributed by atoms with van der Waals surface area (Å²) in [6.07, 6.45) is 0. The summed E-state index contributed by atoms with van der Waals surface area (Å²) in [5.74, 6) is -0.183. The number of thiophene rings is 1. The number of hydrogen-bond donors (Lipinski definition) is 0. The van der Waals surface area contributed by atoms with E-state index < -0.39 is 0 Å². The quantitative estimate of drug-likeness (QED) is 0.767. The van der Waals surface area contributed by atoms with Gasteiger partial charge in [0.25, 0.3) is 0 Å². The standard InChI is InChI=1S/C16H20FNOS/c1-13(11-19-2)18(10-15-6-7-20-12-15)9-14-4-3-5-16(17)8-14/h3-8,12-13H,9-11H2,1-2H3. The van der Waals surface area contributed by atoms with Crippen LogP contribution < -0.4 is 0 Å². The highest BCUT2D eigenvalue weighted by Gasteiger charge is 2.15. The SMILES string of the molecule is COCC(C)N(Cc1ccsc1)Cc1cccc(F)c1. The summed E-state index contributed by atoms with van der Waals surface area (Å²) < 4.78 is 18.6. The Labute approximate surface area is 123 Å². The van der Waals surface area contributed by atoms with Gasteiger partial charge in [0.2, 0.25) is 0 Å². The van der Waals surface area contributed by atoms with E-state index in [0.29, 0.717) is 6.61 Å². The molecule has 1 aromatic carbocycles. The predicted molar refractivity (Wildman–Crippen MR) is 81.3 cm³/mol. The summed E-state index contributed by atoms with van der Waals surface area (Å²) in [4.78, 5) is 2.31. The molecule has 2 aromatic rings. The number of methoxy groups -OCH3 is 1. The summed E-state index contributed by atoms with van der Waals surface area (Å²) in [5, 5.41) is 4.23. The molecule has 0 saturated carbocycles. The maximum Gasteiger partial charge on any atom is 0.123 e. The highest BCUT2D eigenvalue weighted by Crippen LogP contribution is 2.16. The lowest BCUT2D eigenvalue weighted by Gasteiger charge is -2.28. The molecule has 1 aromatic heterocycles. The Morgan fingerprint density at radius 1 is 1.25 bits per heavy atom. The molecule has 0 saturated heterocycles. The maximum atomic E-state index is 13.3. The average Bonchev–Trinajstić information content (AvgIpc) is 2.91. The third-order valence-corrected chi connectivity index (χ3v) is 4.00. The number of rotatable bonds is 7.